The van der Waals surface area contributed by atoms with Crippen molar-refractivity contribution in [2.45, 2.75) is 18.9 Å². The van der Waals surface area contributed by atoms with Crippen LogP contribution in [0.25, 0.3) is 0 Å². The molecule has 0 aliphatic carbocycles. The van der Waals surface area contributed by atoms with Crippen LogP contribution in [0.5, 0.6) is 0 Å². The molecule has 1 unspecified atom stereocenters. The van der Waals surface area contributed by atoms with Crippen molar-refractivity contribution in [1.29, 1.82) is 0 Å². The molecule has 0 radical (unpaired) electrons. The van der Waals surface area contributed by atoms with E-state index in [1.807, 2.05) is 6.07 Å². The maximum absolute atomic E-state index is 6.15. The van der Waals surface area contributed by atoms with E-state index >= 15 is 0 Å². The van der Waals surface area contributed by atoms with E-state index in [4.69, 9.17) is 33.8 Å². The summed E-state index contributed by atoms with van der Waals surface area (Å²) in [5.41, 5.74) is 3.86. The fraction of sp³-hybridized carbons (Fsp3) is 0.600. The van der Waals surface area contributed by atoms with Gasteiger partial charge >= 0.3 is 0 Å². The lowest BCUT2D eigenvalue weighted by molar-refractivity contribution is 0.0537. The van der Waals surface area contributed by atoms with E-state index in [0.717, 1.165) is 36.0 Å². The van der Waals surface area contributed by atoms with Gasteiger partial charge in [-0.2, -0.15) is 0 Å². The number of hydrogen-bond acceptors (Lipinski definition) is 4. The molecule has 1 aromatic rings. The van der Waals surface area contributed by atoms with Gasteiger partial charge < -0.3 is 4.74 Å². The summed E-state index contributed by atoms with van der Waals surface area (Å²) < 4.78 is 6.76. The Labute approximate surface area is 109 Å². The molecule has 6 heteroatoms. The van der Waals surface area contributed by atoms with Crippen molar-refractivity contribution in [3.63, 3.8) is 0 Å². The standard InChI is InChI=1S/C10H14Cl2N2OS/c11-8-5-7(10(12)16-8)9(14-13)6-1-3-15-4-2-6/h5-6,9,14H,1-4,13H2. The molecule has 1 fully saturated rings. The summed E-state index contributed by atoms with van der Waals surface area (Å²) in [4.78, 5) is 0. The van der Waals surface area contributed by atoms with Crippen LogP contribution in [0.15, 0.2) is 6.07 Å². The van der Waals surface area contributed by atoms with Gasteiger partial charge in [-0.3, -0.25) is 11.3 Å². The van der Waals surface area contributed by atoms with Gasteiger partial charge in [0.25, 0.3) is 0 Å². The first-order valence-corrected chi connectivity index (χ1v) is 6.78. The second-order valence-corrected chi connectivity index (χ2v) is 6.16. The summed E-state index contributed by atoms with van der Waals surface area (Å²) in [6.45, 7) is 1.58. The van der Waals surface area contributed by atoms with E-state index in [-0.39, 0.29) is 6.04 Å². The van der Waals surface area contributed by atoms with Crippen molar-refractivity contribution >= 4 is 34.5 Å². The first-order chi connectivity index (χ1) is 7.72. The van der Waals surface area contributed by atoms with Gasteiger partial charge in [-0.05, 0) is 24.8 Å². The predicted molar refractivity (Wildman–Crippen MR) is 67.9 cm³/mol. The van der Waals surface area contributed by atoms with E-state index in [9.17, 15) is 0 Å². The molecule has 1 aliphatic heterocycles. The van der Waals surface area contributed by atoms with E-state index < -0.39 is 0 Å². The maximum atomic E-state index is 6.15. The minimum atomic E-state index is 0.0696. The van der Waals surface area contributed by atoms with Crippen LogP contribution in [0, 0.1) is 5.92 Å². The Hall–Kier alpha value is 0.160. The van der Waals surface area contributed by atoms with E-state index in [2.05, 4.69) is 5.43 Å². The summed E-state index contributed by atoms with van der Waals surface area (Å²) in [5.74, 6) is 6.09. The summed E-state index contributed by atoms with van der Waals surface area (Å²) in [7, 11) is 0. The Bertz CT molecular complexity index is 353. The molecule has 2 heterocycles. The van der Waals surface area contributed by atoms with E-state index in [1.165, 1.54) is 11.3 Å². The molecule has 3 nitrogen and oxygen atoms in total. The quantitative estimate of drug-likeness (QED) is 0.661. The van der Waals surface area contributed by atoms with Crippen LogP contribution >= 0.6 is 34.5 Å². The van der Waals surface area contributed by atoms with Gasteiger partial charge in [-0.1, -0.05) is 23.2 Å². The molecule has 0 bridgehead atoms. The highest BCUT2D eigenvalue weighted by Crippen LogP contribution is 2.39. The van der Waals surface area contributed by atoms with Crippen LogP contribution < -0.4 is 11.3 Å². The van der Waals surface area contributed by atoms with Crippen molar-refractivity contribution in [2.75, 3.05) is 13.2 Å². The van der Waals surface area contributed by atoms with E-state index in [0.29, 0.717) is 10.3 Å². The molecule has 16 heavy (non-hydrogen) atoms. The first-order valence-electron chi connectivity index (χ1n) is 5.21. The van der Waals surface area contributed by atoms with Gasteiger partial charge in [-0.15, -0.1) is 11.3 Å². The van der Waals surface area contributed by atoms with Crippen LogP contribution in [-0.4, -0.2) is 13.2 Å². The number of nitrogens with two attached hydrogens (primary N) is 1. The molecule has 1 saturated heterocycles. The second kappa shape index (κ2) is 5.67. The molecule has 0 saturated carbocycles. The average Bonchev–Trinajstić information content (AvgIpc) is 2.61. The van der Waals surface area contributed by atoms with Crippen LogP contribution in [0.3, 0.4) is 0 Å². The molecule has 1 atom stereocenters. The Kier molecular flexibility index (Phi) is 4.47. The van der Waals surface area contributed by atoms with Gasteiger partial charge in [0.2, 0.25) is 0 Å². The van der Waals surface area contributed by atoms with Crippen molar-refractivity contribution in [3.8, 4) is 0 Å². The number of rotatable bonds is 3. The number of halogens is 2. The Balaban J connectivity index is 2.17. The average molecular weight is 281 g/mol. The SMILES string of the molecule is NNC(c1cc(Cl)sc1Cl)C1CCOCC1. The minimum absolute atomic E-state index is 0.0696. The number of hydrogen-bond donors (Lipinski definition) is 2. The molecule has 0 spiro atoms. The highest BCUT2D eigenvalue weighted by molar-refractivity contribution is 7.20. The number of nitrogens with one attached hydrogen (secondary N) is 1. The Morgan fingerprint density at radius 1 is 1.44 bits per heavy atom. The zero-order chi connectivity index (χ0) is 11.5. The Morgan fingerprint density at radius 2 is 2.12 bits per heavy atom. The zero-order valence-corrected chi connectivity index (χ0v) is 11.0. The van der Waals surface area contributed by atoms with E-state index in [1.54, 1.807) is 0 Å². The summed E-state index contributed by atoms with van der Waals surface area (Å²) >= 11 is 13.5. The summed E-state index contributed by atoms with van der Waals surface area (Å²) in [6, 6.07) is 1.97. The molecule has 0 amide bonds. The molecular weight excluding hydrogens is 267 g/mol. The second-order valence-electron chi connectivity index (χ2n) is 3.87. The summed E-state index contributed by atoms with van der Waals surface area (Å²) in [5, 5.41) is 0. The molecule has 3 N–H and O–H groups in total. The van der Waals surface area contributed by atoms with Gasteiger partial charge in [0.05, 0.1) is 14.7 Å². The topological polar surface area (TPSA) is 47.3 Å². The highest BCUT2D eigenvalue weighted by Gasteiger charge is 2.27. The van der Waals surface area contributed by atoms with Crippen LogP contribution in [0.1, 0.15) is 24.4 Å². The molecule has 1 aromatic heterocycles. The summed E-state index contributed by atoms with van der Waals surface area (Å²) in [6.07, 6.45) is 2.00. The van der Waals surface area contributed by atoms with Gasteiger partial charge in [-0.25, -0.2) is 0 Å². The van der Waals surface area contributed by atoms with Crippen molar-refractivity contribution in [1.82, 2.24) is 5.43 Å². The largest absolute Gasteiger partial charge is 0.381 e. The normalized spacial score (nSPS) is 19.9. The molecular formula is C10H14Cl2N2OS. The monoisotopic (exact) mass is 280 g/mol. The smallest absolute Gasteiger partial charge is 0.0992 e. The Morgan fingerprint density at radius 3 is 2.62 bits per heavy atom. The first kappa shape index (κ1) is 12.6. The number of thiophene rings is 1. The van der Waals surface area contributed by atoms with Gasteiger partial charge in [0.15, 0.2) is 0 Å². The minimum Gasteiger partial charge on any atom is -0.381 e. The van der Waals surface area contributed by atoms with Gasteiger partial charge in [0, 0.05) is 18.8 Å². The maximum Gasteiger partial charge on any atom is 0.0992 e. The van der Waals surface area contributed by atoms with Crippen molar-refractivity contribution in [3.05, 3.63) is 20.3 Å². The number of hydrazine groups is 1. The predicted octanol–water partition coefficient (Wildman–Crippen LogP) is 2.99. The van der Waals surface area contributed by atoms with Crippen LogP contribution in [0.2, 0.25) is 8.67 Å². The molecule has 0 aromatic carbocycles. The van der Waals surface area contributed by atoms with Gasteiger partial charge in [0.1, 0.15) is 0 Å². The van der Waals surface area contributed by atoms with Crippen LogP contribution in [-0.2, 0) is 4.74 Å². The molecule has 1 aliphatic rings. The zero-order valence-electron chi connectivity index (χ0n) is 8.71. The lowest BCUT2D eigenvalue weighted by Gasteiger charge is -2.29. The number of ether oxygens (including phenoxy) is 1. The van der Waals surface area contributed by atoms with Crippen molar-refractivity contribution < 1.29 is 4.74 Å². The highest BCUT2D eigenvalue weighted by atomic mass is 35.5. The third-order valence-electron chi connectivity index (χ3n) is 2.94. The third-order valence-corrected chi connectivity index (χ3v) is 4.45. The lowest BCUT2D eigenvalue weighted by atomic mass is 9.89. The fourth-order valence-electron chi connectivity index (χ4n) is 2.09. The van der Waals surface area contributed by atoms with Crippen molar-refractivity contribution in [2.24, 2.45) is 11.8 Å². The fourth-order valence-corrected chi connectivity index (χ4v) is 3.64. The van der Waals surface area contributed by atoms with Crippen LogP contribution in [0.4, 0.5) is 0 Å². The third kappa shape index (κ3) is 2.70. The lowest BCUT2D eigenvalue weighted by Crippen LogP contribution is -2.36. The molecule has 2 rings (SSSR count). The molecule has 90 valence electrons.